The first-order chi connectivity index (χ1) is 30.7. The number of nitrogens with one attached hydrogen (secondary N) is 3. The van der Waals surface area contributed by atoms with Crippen LogP contribution in [0.3, 0.4) is 0 Å². The lowest BCUT2D eigenvalue weighted by Crippen LogP contribution is -2.48. The summed E-state index contributed by atoms with van der Waals surface area (Å²) in [6.45, 7) is 10.3. The van der Waals surface area contributed by atoms with Crippen LogP contribution in [0.2, 0.25) is 0 Å². The number of aliphatic hydroxyl groups excluding tert-OH is 1. The molecule has 9 rings (SSSR count). The molecular formula is C51H50B2N4O6. The molecule has 0 fully saturated rings. The van der Waals surface area contributed by atoms with Gasteiger partial charge in [-0.3, -0.25) is 4.79 Å². The van der Waals surface area contributed by atoms with E-state index in [1.807, 2.05) is 109 Å². The predicted molar refractivity (Wildman–Crippen MR) is 256 cm³/mol. The van der Waals surface area contributed by atoms with Crippen LogP contribution in [-0.4, -0.2) is 50.6 Å². The van der Waals surface area contributed by atoms with Gasteiger partial charge in [0.1, 0.15) is 17.3 Å². The van der Waals surface area contributed by atoms with E-state index in [4.69, 9.17) is 19.1 Å². The summed E-state index contributed by atoms with van der Waals surface area (Å²) < 4.78 is 17.3. The molecule has 316 valence electrons. The van der Waals surface area contributed by atoms with E-state index in [-0.39, 0.29) is 36.3 Å². The van der Waals surface area contributed by atoms with Gasteiger partial charge in [-0.25, -0.2) is 4.79 Å². The number of rotatable bonds is 16. The number of Topliss-reactive ketones (excluding diaryl/α,β-unsaturated/α-hetero) is 1. The van der Waals surface area contributed by atoms with Crippen LogP contribution in [0, 0.1) is 5.92 Å². The molecule has 10 nitrogen and oxygen atoms in total. The fourth-order valence-corrected chi connectivity index (χ4v) is 8.70. The molecule has 0 saturated heterocycles. The molecule has 6 aromatic carbocycles. The largest absolute Gasteiger partial charge is 0.506 e. The molecule has 1 atom stereocenters. The minimum Gasteiger partial charge on any atom is -0.506 e. The van der Waals surface area contributed by atoms with Crippen LogP contribution in [-0.2, 0) is 14.3 Å². The van der Waals surface area contributed by atoms with Gasteiger partial charge in [0.2, 0.25) is 5.78 Å². The fourth-order valence-electron chi connectivity index (χ4n) is 8.70. The van der Waals surface area contributed by atoms with Crippen molar-refractivity contribution in [3.8, 4) is 11.5 Å². The number of unbranched alkanes of at least 4 members (excludes halogenated alkanes) is 1. The zero-order valence-corrected chi connectivity index (χ0v) is 35.9. The maximum Gasteiger partial charge on any atom is 0.427 e. The third kappa shape index (κ3) is 8.13. The van der Waals surface area contributed by atoms with E-state index in [1.165, 1.54) is 19.3 Å². The molecular weight excluding hydrogens is 786 g/mol. The van der Waals surface area contributed by atoms with Crippen LogP contribution in [0.5, 0.6) is 11.5 Å². The average Bonchev–Trinajstić information content (AvgIpc) is 3.31. The maximum atomic E-state index is 14.5. The summed E-state index contributed by atoms with van der Waals surface area (Å²) in [6.07, 6.45) is 5.21. The summed E-state index contributed by atoms with van der Waals surface area (Å²) >= 11 is 0. The second-order valence-electron chi connectivity index (χ2n) is 16.6. The van der Waals surface area contributed by atoms with Gasteiger partial charge in [-0.05, 0) is 77.4 Å². The Kier molecular flexibility index (Phi) is 11.7. The molecule has 63 heavy (non-hydrogen) atoms. The molecule has 2 heterocycles. The van der Waals surface area contributed by atoms with Gasteiger partial charge in [0.05, 0.1) is 36.3 Å². The number of carbonyl (C=O) groups excluding carboxylic acids is 2. The van der Waals surface area contributed by atoms with Crippen LogP contribution >= 0.6 is 0 Å². The summed E-state index contributed by atoms with van der Waals surface area (Å²) in [4.78, 5) is 31.4. The smallest absolute Gasteiger partial charge is 0.427 e. The number of benzene rings is 6. The van der Waals surface area contributed by atoms with Crippen molar-refractivity contribution in [1.29, 1.82) is 0 Å². The lowest BCUT2D eigenvalue weighted by Gasteiger charge is -2.31. The number of aliphatic hydroxyl groups is 1. The first-order valence-electron chi connectivity index (χ1n) is 22.0. The normalized spacial score (nSPS) is 15.2. The zero-order valence-electron chi connectivity index (χ0n) is 35.9. The van der Waals surface area contributed by atoms with Gasteiger partial charge in [0, 0.05) is 50.6 Å². The quantitative estimate of drug-likeness (QED) is 0.0334. The Morgan fingerprint density at radius 1 is 0.762 bits per heavy atom. The number of allylic oxidation sites excluding steroid dienone is 2. The molecule has 0 saturated carbocycles. The van der Waals surface area contributed by atoms with Crippen molar-refractivity contribution in [3.63, 3.8) is 0 Å². The van der Waals surface area contributed by atoms with Crippen molar-refractivity contribution in [1.82, 2.24) is 0 Å². The summed E-state index contributed by atoms with van der Waals surface area (Å²) in [6, 6.07) is 35.8. The fraction of sp³-hybridized carbons (Fsp3) is 0.235. The molecule has 0 radical (unpaired) electrons. The van der Waals surface area contributed by atoms with Gasteiger partial charge in [0.15, 0.2) is 0 Å². The van der Waals surface area contributed by atoms with E-state index >= 15 is 0 Å². The molecule has 12 heteroatoms. The maximum absolute atomic E-state index is 14.5. The molecule has 4 N–H and O–H groups in total. The molecule has 3 aliphatic rings. The van der Waals surface area contributed by atoms with Gasteiger partial charge >= 0.3 is 19.9 Å². The van der Waals surface area contributed by atoms with Crippen molar-refractivity contribution in [3.05, 3.63) is 143 Å². The van der Waals surface area contributed by atoms with E-state index in [0.29, 0.717) is 53.0 Å². The number of esters is 1. The standard InChI is InChI=1S/C51H50B2N4O6/c1-5-7-11-32(6-2)30-63-38-24-20-36(21-25-38)53-55-42-15-9-13-34-17-27-40(48(57-53)44(34)42)46-49(58)45(50(46)59)39-26-16-33-12-8-14-41-43(33)47(39)56-52(54-41)35-18-22-37(23-19-35)61-28-10-29-62-51(60)31(3)4/h8-9,12-27,32,54-56,58H,3,5-7,10-11,28-30H2,1-2,4H3. The number of ketones is 1. The van der Waals surface area contributed by atoms with Crippen molar-refractivity contribution < 1.29 is 28.9 Å². The van der Waals surface area contributed by atoms with Gasteiger partial charge in [-0.15, -0.1) is 0 Å². The summed E-state index contributed by atoms with van der Waals surface area (Å²) in [5.74, 6) is 1.37. The predicted octanol–water partition coefficient (Wildman–Crippen LogP) is 7.85. The van der Waals surface area contributed by atoms with E-state index in [9.17, 15) is 14.7 Å². The monoisotopic (exact) mass is 836 g/mol. The van der Waals surface area contributed by atoms with E-state index in [2.05, 4.69) is 36.1 Å². The highest BCUT2D eigenvalue weighted by Crippen LogP contribution is 2.45. The van der Waals surface area contributed by atoms with Crippen molar-refractivity contribution in [2.45, 2.75) is 52.9 Å². The number of nitrogens with zero attached hydrogens (tertiary/aromatic N) is 1. The molecule has 0 spiro atoms. The second kappa shape index (κ2) is 17.8. The Hall–Kier alpha value is -6.94. The number of carbonyl (C=O) groups is 2. The third-order valence-electron chi connectivity index (χ3n) is 12.2. The summed E-state index contributed by atoms with van der Waals surface area (Å²) in [5, 5.41) is 28.0. The first-order valence-corrected chi connectivity index (χ1v) is 22.0. The Balaban J connectivity index is 1.01. The Morgan fingerprint density at radius 3 is 2.14 bits per heavy atom. The molecule has 0 amide bonds. The van der Waals surface area contributed by atoms with Crippen LogP contribution in [0.4, 0.5) is 17.1 Å². The van der Waals surface area contributed by atoms with Gasteiger partial charge in [-0.1, -0.05) is 112 Å². The SMILES string of the molecule is C=C(C)C(=O)OCCCOc1ccc(B2Nc3cccc4ccc(C5=C(O)C(=c6ccc7cccc8c7c6=NB(c6ccc(OCC(CC)CCCC)cc6)N8)C5=O)c(c34)N2)cc1. The van der Waals surface area contributed by atoms with E-state index in [0.717, 1.165) is 61.7 Å². The van der Waals surface area contributed by atoms with Gasteiger partial charge in [-0.2, -0.15) is 0 Å². The number of ether oxygens (including phenoxy) is 3. The topological polar surface area (TPSA) is 131 Å². The van der Waals surface area contributed by atoms with Gasteiger partial charge in [0.25, 0.3) is 0 Å². The highest BCUT2D eigenvalue weighted by atomic mass is 16.5. The molecule has 6 aromatic rings. The molecule has 0 bridgehead atoms. The number of anilines is 3. The van der Waals surface area contributed by atoms with Crippen LogP contribution in [0.1, 0.15) is 58.4 Å². The summed E-state index contributed by atoms with van der Waals surface area (Å²) in [5.41, 5.74) is 6.03. The zero-order chi connectivity index (χ0) is 43.6. The van der Waals surface area contributed by atoms with E-state index in [1.54, 1.807) is 6.92 Å². The van der Waals surface area contributed by atoms with Gasteiger partial charge < -0.3 is 39.9 Å². The number of hydrogen-bond acceptors (Lipinski definition) is 10. The number of hydrogen-bond donors (Lipinski definition) is 4. The van der Waals surface area contributed by atoms with Crippen molar-refractivity contribution in [2.24, 2.45) is 10.8 Å². The highest BCUT2D eigenvalue weighted by Gasteiger charge is 2.39. The van der Waals surface area contributed by atoms with E-state index < -0.39 is 13.0 Å². The molecule has 0 aromatic heterocycles. The van der Waals surface area contributed by atoms with Crippen LogP contribution in [0.25, 0.3) is 32.7 Å². The Bertz CT molecular complexity index is 2930. The molecule has 1 aliphatic carbocycles. The molecule has 2 aliphatic heterocycles. The average molecular weight is 837 g/mol. The van der Waals surface area contributed by atoms with Crippen molar-refractivity contribution >= 4 is 86.4 Å². The Morgan fingerprint density at radius 2 is 1.44 bits per heavy atom. The first kappa shape index (κ1) is 41.4. The lowest BCUT2D eigenvalue weighted by atomic mass is 9.65. The van der Waals surface area contributed by atoms with Crippen molar-refractivity contribution in [2.75, 3.05) is 35.5 Å². The van der Waals surface area contributed by atoms with Crippen LogP contribution in [0.15, 0.2) is 132 Å². The third-order valence-corrected chi connectivity index (χ3v) is 12.2. The minimum absolute atomic E-state index is 0.0509. The highest BCUT2D eigenvalue weighted by molar-refractivity contribution is 6.80. The Labute approximate surface area is 368 Å². The lowest BCUT2D eigenvalue weighted by molar-refractivity contribution is -0.139. The second-order valence-corrected chi connectivity index (χ2v) is 16.6. The minimum atomic E-state index is -0.413. The summed E-state index contributed by atoms with van der Waals surface area (Å²) in [7, 11) is 0. The molecule has 1 unspecified atom stereocenters. The van der Waals surface area contributed by atoms with Crippen LogP contribution < -0.4 is 46.7 Å².